The number of guanidine groups is 1. The molecule has 0 spiro atoms. The zero-order chi connectivity index (χ0) is 10.9. The lowest BCUT2D eigenvalue weighted by Crippen LogP contribution is -2.22. The molecule has 76 valence electrons. The summed E-state index contributed by atoms with van der Waals surface area (Å²) >= 11 is 17.5. The van der Waals surface area contributed by atoms with Crippen LogP contribution in [0.25, 0.3) is 0 Å². The Balaban J connectivity index is 3.41. The van der Waals surface area contributed by atoms with Gasteiger partial charge in [0, 0.05) is 0 Å². The van der Waals surface area contributed by atoms with Crippen molar-refractivity contribution in [3.8, 4) is 0 Å². The molecule has 0 atom stereocenters. The summed E-state index contributed by atoms with van der Waals surface area (Å²) in [6.07, 6.45) is 0. The van der Waals surface area contributed by atoms with Crippen LogP contribution in [-0.4, -0.2) is 5.96 Å². The van der Waals surface area contributed by atoms with E-state index < -0.39 is 0 Å². The SMILES string of the molecule is Cc1c(N=C(N)N)cc(Cl)c(Cl)c1Cl. The van der Waals surface area contributed by atoms with Gasteiger partial charge in [0.15, 0.2) is 5.96 Å². The topological polar surface area (TPSA) is 64.4 Å². The van der Waals surface area contributed by atoms with E-state index in [1.54, 1.807) is 13.0 Å². The van der Waals surface area contributed by atoms with Gasteiger partial charge in [-0.05, 0) is 18.6 Å². The van der Waals surface area contributed by atoms with Gasteiger partial charge in [0.1, 0.15) is 0 Å². The van der Waals surface area contributed by atoms with E-state index in [9.17, 15) is 0 Å². The molecule has 14 heavy (non-hydrogen) atoms. The van der Waals surface area contributed by atoms with Crippen molar-refractivity contribution in [2.24, 2.45) is 16.5 Å². The molecule has 1 rings (SSSR count). The van der Waals surface area contributed by atoms with E-state index >= 15 is 0 Å². The van der Waals surface area contributed by atoms with Crippen LogP contribution in [0.2, 0.25) is 15.1 Å². The molecule has 3 nitrogen and oxygen atoms in total. The van der Waals surface area contributed by atoms with Crippen LogP contribution in [0, 0.1) is 6.92 Å². The Morgan fingerprint density at radius 3 is 2.29 bits per heavy atom. The molecule has 1 aromatic rings. The summed E-state index contributed by atoms with van der Waals surface area (Å²) in [5.41, 5.74) is 11.7. The van der Waals surface area contributed by atoms with Gasteiger partial charge in [-0.3, -0.25) is 0 Å². The van der Waals surface area contributed by atoms with Gasteiger partial charge in [0.25, 0.3) is 0 Å². The summed E-state index contributed by atoms with van der Waals surface area (Å²) in [6.45, 7) is 1.76. The predicted octanol–water partition coefficient (Wildman–Crippen LogP) is 2.86. The maximum absolute atomic E-state index is 5.90. The maximum Gasteiger partial charge on any atom is 0.191 e. The molecule has 0 aliphatic carbocycles. The zero-order valence-electron chi connectivity index (χ0n) is 7.31. The minimum atomic E-state index is -0.0532. The second-order valence-corrected chi connectivity index (χ2v) is 3.83. The quantitative estimate of drug-likeness (QED) is 0.458. The number of halogens is 3. The predicted molar refractivity (Wildman–Crippen MR) is 61.7 cm³/mol. The summed E-state index contributed by atoms with van der Waals surface area (Å²) in [5.74, 6) is -0.0532. The van der Waals surface area contributed by atoms with E-state index in [1.165, 1.54) is 0 Å². The molecule has 0 aromatic heterocycles. The molecular formula is C8H8Cl3N3. The highest BCUT2D eigenvalue weighted by Crippen LogP contribution is 2.38. The highest BCUT2D eigenvalue weighted by atomic mass is 35.5. The third-order valence-corrected chi connectivity index (χ3v) is 2.99. The van der Waals surface area contributed by atoms with Crippen molar-refractivity contribution < 1.29 is 0 Å². The smallest absolute Gasteiger partial charge is 0.191 e. The Hall–Kier alpha value is -0.640. The summed E-state index contributed by atoms with van der Waals surface area (Å²) in [7, 11) is 0. The molecule has 0 aliphatic heterocycles. The molecule has 6 heteroatoms. The van der Waals surface area contributed by atoms with Gasteiger partial charge in [-0.25, -0.2) is 4.99 Å². The van der Waals surface area contributed by atoms with Gasteiger partial charge in [-0.15, -0.1) is 0 Å². The van der Waals surface area contributed by atoms with Gasteiger partial charge in [-0.2, -0.15) is 0 Å². The largest absolute Gasteiger partial charge is 0.370 e. The number of hydrogen-bond acceptors (Lipinski definition) is 1. The minimum absolute atomic E-state index is 0.0532. The molecule has 0 saturated heterocycles. The molecule has 0 fully saturated rings. The lowest BCUT2D eigenvalue weighted by Gasteiger charge is -2.06. The van der Waals surface area contributed by atoms with Crippen LogP contribution in [0.1, 0.15) is 5.56 Å². The maximum atomic E-state index is 5.90. The van der Waals surface area contributed by atoms with Crippen LogP contribution in [0.5, 0.6) is 0 Å². The van der Waals surface area contributed by atoms with Gasteiger partial charge in [0.05, 0.1) is 20.8 Å². The number of nitrogens with zero attached hydrogens (tertiary/aromatic N) is 1. The van der Waals surface area contributed by atoms with Crippen molar-refractivity contribution in [3.63, 3.8) is 0 Å². The van der Waals surface area contributed by atoms with Crippen molar-refractivity contribution in [2.45, 2.75) is 6.92 Å². The minimum Gasteiger partial charge on any atom is -0.370 e. The fourth-order valence-electron chi connectivity index (χ4n) is 0.929. The monoisotopic (exact) mass is 251 g/mol. The van der Waals surface area contributed by atoms with E-state index in [1.807, 2.05) is 0 Å². The first-order chi connectivity index (χ1) is 6.43. The van der Waals surface area contributed by atoms with Crippen molar-refractivity contribution in [2.75, 3.05) is 0 Å². The molecular weight excluding hydrogens is 244 g/mol. The summed E-state index contributed by atoms with van der Waals surface area (Å²) < 4.78 is 0. The fourth-order valence-corrected chi connectivity index (χ4v) is 1.57. The van der Waals surface area contributed by atoms with E-state index in [4.69, 9.17) is 46.3 Å². The van der Waals surface area contributed by atoms with Crippen LogP contribution in [0.15, 0.2) is 11.1 Å². The fraction of sp³-hybridized carbons (Fsp3) is 0.125. The van der Waals surface area contributed by atoms with Crippen LogP contribution in [-0.2, 0) is 0 Å². The molecule has 0 radical (unpaired) electrons. The first-order valence-corrected chi connectivity index (χ1v) is 4.80. The van der Waals surface area contributed by atoms with Crippen LogP contribution in [0.4, 0.5) is 5.69 Å². The second-order valence-electron chi connectivity index (χ2n) is 2.67. The molecule has 0 unspecified atom stereocenters. The average Bonchev–Trinajstić information content (AvgIpc) is 2.10. The molecule has 0 bridgehead atoms. The van der Waals surface area contributed by atoms with Crippen molar-refractivity contribution >= 4 is 46.4 Å². The molecule has 0 aliphatic rings. The average molecular weight is 253 g/mol. The van der Waals surface area contributed by atoms with Crippen molar-refractivity contribution in [1.82, 2.24) is 0 Å². The Morgan fingerprint density at radius 1 is 1.21 bits per heavy atom. The Labute approximate surface area is 96.6 Å². The zero-order valence-corrected chi connectivity index (χ0v) is 9.58. The standard InChI is InChI=1S/C8H8Cl3N3/c1-3-5(14-8(12)13)2-4(9)7(11)6(3)10/h2H,1H3,(H4,12,13,14). The lowest BCUT2D eigenvalue weighted by atomic mass is 10.2. The van der Waals surface area contributed by atoms with Gasteiger partial charge >= 0.3 is 0 Å². The number of hydrogen-bond donors (Lipinski definition) is 2. The van der Waals surface area contributed by atoms with Crippen molar-refractivity contribution in [1.29, 1.82) is 0 Å². The summed E-state index contributed by atoms with van der Waals surface area (Å²) in [5, 5.41) is 0.988. The first kappa shape index (κ1) is 11.4. The summed E-state index contributed by atoms with van der Waals surface area (Å²) in [4.78, 5) is 3.87. The van der Waals surface area contributed by atoms with Crippen LogP contribution in [0.3, 0.4) is 0 Å². The van der Waals surface area contributed by atoms with E-state index in [0.29, 0.717) is 26.3 Å². The highest BCUT2D eigenvalue weighted by molar-refractivity contribution is 6.48. The van der Waals surface area contributed by atoms with Crippen LogP contribution < -0.4 is 11.5 Å². The number of aliphatic imine (C=N–C) groups is 1. The first-order valence-electron chi connectivity index (χ1n) is 3.67. The van der Waals surface area contributed by atoms with Gasteiger partial charge in [0.2, 0.25) is 0 Å². The van der Waals surface area contributed by atoms with Crippen molar-refractivity contribution in [3.05, 3.63) is 26.7 Å². The molecule has 0 amide bonds. The third kappa shape index (κ3) is 2.23. The third-order valence-electron chi connectivity index (χ3n) is 1.63. The Bertz CT molecular complexity index is 397. The molecule has 0 saturated carbocycles. The Morgan fingerprint density at radius 2 is 1.79 bits per heavy atom. The number of nitrogens with two attached hydrogens (primary N) is 2. The van der Waals surface area contributed by atoms with Gasteiger partial charge in [-0.1, -0.05) is 34.8 Å². The Kier molecular flexibility index (Phi) is 3.48. The van der Waals surface area contributed by atoms with Gasteiger partial charge < -0.3 is 11.5 Å². The normalized spacial score (nSPS) is 10.0. The second kappa shape index (κ2) is 4.26. The van der Waals surface area contributed by atoms with E-state index in [2.05, 4.69) is 4.99 Å². The highest BCUT2D eigenvalue weighted by Gasteiger charge is 2.10. The number of benzene rings is 1. The molecule has 1 aromatic carbocycles. The van der Waals surface area contributed by atoms with Crippen LogP contribution >= 0.6 is 34.8 Å². The molecule has 0 heterocycles. The number of rotatable bonds is 1. The summed E-state index contributed by atoms with van der Waals surface area (Å²) in [6, 6.07) is 1.56. The molecule has 4 N–H and O–H groups in total. The van der Waals surface area contributed by atoms with E-state index in [0.717, 1.165) is 0 Å². The van der Waals surface area contributed by atoms with E-state index in [-0.39, 0.29) is 5.96 Å². The lowest BCUT2D eigenvalue weighted by molar-refractivity contribution is 1.36.